The van der Waals surface area contributed by atoms with Crippen LogP contribution in [-0.2, 0) is 21.8 Å². The lowest BCUT2D eigenvalue weighted by molar-refractivity contribution is -0.142. The lowest BCUT2D eigenvalue weighted by atomic mass is 10.1. The van der Waals surface area contributed by atoms with E-state index < -0.39 is 18.1 Å². The van der Waals surface area contributed by atoms with Crippen LogP contribution in [0.25, 0.3) is 0 Å². The maximum Gasteiger partial charge on any atom is 0.310 e. The van der Waals surface area contributed by atoms with Crippen molar-refractivity contribution in [2.45, 2.75) is 25.7 Å². The molecule has 1 aromatic rings. The third-order valence-electron chi connectivity index (χ3n) is 2.12. The second-order valence-electron chi connectivity index (χ2n) is 3.38. The predicted octanol–water partition coefficient (Wildman–Crippen LogP) is 3.47. The topological polar surface area (TPSA) is 39.2 Å². The van der Waals surface area contributed by atoms with Gasteiger partial charge in [-0.05, 0) is 35.6 Å². The molecule has 18 heavy (non-hydrogen) atoms. The molecular formula is C11H11ClF2INO2. The van der Waals surface area contributed by atoms with Crippen LogP contribution >= 0.6 is 34.2 Å². The van der Waals surface area contributed by atoms with E-state index in [0.717, 1.165) is 0 Å². The number of hydrogen-bond donors (Lipinski definition) is 0. The number of carbonyl (C=O) groups excluding carboxylic acids is 1. The number of halogens is 4. The zero-order valence-electron chi connectivity index (χ0n) is 9.55. The van der Waals surface area contributed by atoms with E-state index in [1.54, 1.807) is 13.0 Å². The van der Waals surface area contributed by atoms with Crippen molar-refractivity contribution < 1.29 is 18.3 Å². The van der Waals surface area contributed by atoms with E-state index in [2.05, 4.69) is 4.98 Å². The standard InChI is InChI=1S/C11H11ClF2INO2/c1-2-18-9(17)4-7-8(15)3-6(5-12)16-10(7)11(13)14/h3,11H,2,4-5H2,1H3. The van der Waals surface area contributed by atoms with Gasteiger partial charge in [-0.15, -0.1) is 11.6 Å². The van der Waals surface area contributed by atoms with Crippen LogP contribution in [-0.4, -0.2) is 17.6 Å². The van der Waals surface area contributed by atoms with Crippen molar-refractivity contribution in [2.75, 3.05) is 6.61 Å². The monoisotopic (exact) mass is 389 g/mol. The van der Waals surface area contributed by atoms with Crippen LogP contribution < -0.4 is 0 Å². The average Bonchev–Trinajstić information content (AvgIpc) is 2.31. The summed E-state index contributed by atoms with van der Waals surface area (Å²) in [6.45, 7) is 1.87. The molecule has 0 amide bonds. The summed E-state index contributed by atoms with van der Waals surface area (Å²) in [7, 11) is 0. The van der Waals surface area contributed by atoms with Crippen molar-refractivity contribution in [1.29, 1.82) is 0 Å². The van der Waals surface area contributed by atoms with Gasteiger partial charge in [0.2, 0.25) is 0 Å². The van der Waals surface area contributed by atoms with E-state index in [1.165, 1.54) is 0 Å². The Bertz CT molecular complexity index is 443. The molecule has 1 heterocycles. The maximum atomic E-state index is 12.9. The molecule has 3 nitrogen and oxygen atoms in total. The highest BCUT2D eigenvalue weighted by Gasteiger charge is 2.21. The SMILES string of the molecule is CCOC(=O)Cc1c(I)cc(CCl)nc1C(F)F. The molecule has 100 valence electrons. The molecule has 0 spiro atoms. The van der Waals surface area contributed by atoms with E-state index in [-0.39, 0.29) is 24.5 Å². The minimum atomic E-state index is -2.74. The molecule has 0 aliphatic rings. The summed E-state index contributed by atoms with van der Waals surface area (Å²) in [4.78, 5) is 15.1. The third kappa shape index (κ3) is 4.01. The molecule has 0 aromatic carbocycles. The first-order valence-corrected chi connectivity index (χ1v) is 6.78. The lowest BCUT2D eigenvalue weighted by Crippen LogP contribution is -2.13. The van der Waals surface area contributed by atoms with Crippen LogP contribution in [0.4, 0.5) is 8.78 Å². The number of alkyl halides is 3. The number of aromatic nitrogens is 1. The molecule has 0 atom stereocenters. The Balaban J connectivity index is 3.12. The van der Waals surface area contributed by atoms with Crippen LogP contribution in [0, 0.1) is 3.57 Å². The second kappa shape index (κ2) is 7.18. The Morgan fingerprint density at radius 3 is 2.78 bits per heavy atom. The summed E-state index contributed by atoms with van der Waals surface area (Å²) in [6.07, 6.45) is -2.95. The maximum absolute atomic E-state index is 12.9. The summed E-state index contributed by atoms with van der Waals surface area (Å²) in [5, 5.41) is 0. The van der Waals surface area contributed by atoms with Crippen molar-refractivity contribution in [3.63, 3.8) is 0 Å². The van der Waals surface area contributed by atoms with E-state index in [1.807, 2.05) is 22.6 Å². The number of hydrogen-bond acceptors (Lipinski definition) is 3. The molecule has 0 fully saturated rings. The van der Waals surface area contributed by atoms with E-state index in [4.69, 9.17) is 16.3 Å². The first-order chi connectivity index (χ1) is 8.49. The van der Waals surface area contributed by atoms with Gasteiger partial charge in [0.25, 0.3) is 6.43 Å². The molecule has 0 radical (unpaired) electrons. The molecule has 0 saturated heterocycles. The van der Waals surface area contributed by atoms with Crippen molar-refractivity contribution in [3.8, 4) is 0 Å². The fraction of sp³-hybridized carbons (Fsp3) is 0.455. The largest absolute Gasteiger partial charge is 0.466 e. The zero-order valence-corrected chi connectivity index (χ0v) is 12.5. The Morgan fingerprint density at radius 1 is 1.61 bits per heavy atom. The number of nitrogens with zero attached hydrogens (tertiary/aromatic N) is 1. The third-order valence-corrected chi connectivity index (χ3v) is 3.36. The highest BCUT2D eigenvalue weighted by molar-refractivity contribution is 14.1. The smallest absolute Gasteiger partial charge is 0.310 e. The molecule has 0 N–H and O–H groups in total. The van der Waals surface area contributed by atoms with Gasteiger partial charge >= 0.3 is 5.97 Å². The molecule has 1 aromatic heterocycles. The Labute approximate surface area is 122 Å². The number of esters is 1. The summed E-state index contributed by atoms with van der Waals surface area (Å²) >= 11 is 7.47. The number of pyridine rings is 1. The van der Waals surface area contributed by atoms with Crippen molar-refractivity contribution in [1.82, 2.24) is 4.98 Å². The van der Waals surface area contributed by atoms with Gasteiger partial charge in [0, 0.05) is 9.13 Å². The Kier molecular flexibility index (Phi) is 6.20. The highest BCUT2D eigenvalue weighted by atomic mass is 127. The minimum absolute atomic E-state index is 0.0510. The summed E-state index contributed by atoms with van der Waals surface area (Å²) in [5.41, 5.74) is 0.174. The number of carbonyl (C=O) groups is 1. The average molecular weight is 390 g/mol. The van der Waals surface area contributed by atoms with Gasteiger partial charge in [0.05, 0.1) is 24.6 Å². The van der Waals surface area contributed by atoms with E-state index >= 15 is 0 Å². The van der Waals surface area contributed by atoms with Crippen LogP contribution in [0.2, 0.25) is 0 Å². The number of ether oxygens (including phenoxy) is 1. The molecular weight excluding hydrogens is 378 g/mol. The highest BCUT2D eigenvalue weighted by Crippen LogP contribution is 2.26. The van der Waals surface area contributed by atoms with Crippen LogP contribution in [0.5, 0.6) is 0 Å². The first kappa shape index (κ1) is 15.6. The normalized spacial score (nSPS) is 10.8. The van der Waals surface area contributed by atoms with E-state index in [9.17, 15) is 13.6 Å². The quantitative estimate of drug-likeness (QED) is 0.440. The molecule has 0 aliphatic heterocycles. The summed E-state index contributed by atoms with van der Waals surface area (Å²) in [5.74, 6) is -0.493. The molecule has 0 aliphatic carbocycles. The van der Waals surface area contributed by atoms with Crippen molar-refractivity contribution in [3.05, 3.63) is 26.6 Å². The summed E-state index contributed by atoms with van der Waals surface area (Å²) < 4.78 is 31.1. The molecule has 1 rings (SSSR count). The van der Waals surface area contributed by atoms with Crippen molar-refractivity contribution >= 4 is 40.2 Å². The van der Waals surface area contributed by atoms with E-state index in [0.29, 0.717) is 9.26 Å². The van der Waals surface area contributed by atoms with Gasteiger partial charge in [0.15, 0.2) is 0 Å². The molecule has 0 saturated carbocycles. The van der Waals surface area contributed by atoms with Gasteiger partial charge in [-0.25, -0.2) is 8.78 Å². The molecule has 7 heteroatoms. The second-order valence-corrected chi connectivity index (χ2v) is 4.80. The molecule has 0 unspecified atom stereocenters. The minimum Gasteiger partial charge on any atom is -0.466 e. The zero-order chi connectivity index (χ0) is 13.7. The number of rotatable bonds is 5. The Morgan fingerprint density at radius 2 is 2.28 bits per heavy atom. The van der Waals surface area contributed by atoms with Crippen LogP contribution in [0.1, 0.15) is 30.3 Å². The van der Waals surface area contributed by atoms with Gasteiger partial charge in [0.1, 0.15) is 5.69 Å². The van der Waals surface area contributed by atoms with Gasteiger partial charge in [-0.1, -0.05) is 0 Å². The summed E-state index contributed by atoms with van der Waals surface area (Å²) in [6, 6.07) is 1.59. The van der Waals surface area contributed by atoms with Gasteiger partial charge < -0.3 is 4.74 Å². The lowest BCUT2D eigenvalue weighted by Gasteiger charge is -2.11. The fourth-order valence-electron chi connectivity index (χ4n) is 1.39. The van der Waals surface area contributed by atoms with Gasteiger partial charge in [-0.2, -0.15) is 0 Å². The van der Waals surface area contributed by atoms with Crippen LogP contribution in [0.15, 0.2) is 6.07 Å². The fourth-order valence-corrected chi connectivity index (χ4v) is 2.35. The van der Waals surface area contributed by atoms with Crippen LogP contribution in [0.3, 0.4) is 0 Å². The first-order valence-electron chi connectivity index (χ1n) is 5.17. The van der Waals surface area contributed by atoms with Gasteiger partial charge in [-0.3, -0.25) is 9.78 Å². The Hall–Kier alpha value is -0.500. The van der Waals surface area contributed by atoms with Crippen molar-refractivity contribution in [2.24, 2.45) is 0 Å². The molecule has 0 bridgehead atoms. The predicted molar refractivity (Wildman–Crippen MR) is 71.8 cm³/mol.